The zero-order valence-electron chi connectivity index (χ0n) is 7.99. The molecule has 1 rings (SSSR count). The molecule has 0 fully saturated rings. The summed E-state index contributed by atoms with van der Waals surface area (Å²) >= 11 is 1.68. The quantitative estimate of drug-likeness (QED) is 0.779. The third-order valence-electron chi connectivity index (χ3n) is 1.88. The summed E-state index contributed by atoms with van der Waals surface area (Å²) in [5.41, 5.74) is 5.57. The Morgan fingerprint density at radius 1 is 1.62 bits per heavy atom. The van der Waals surface area contributed by atoms with Crippen LogP contribution in [0.4, 0.5) is 0 Å². The molecule has 5 heteroatoms. The number of thioether (sulfide) groups is 1. The van der Waals surface area contributed by atoms with Crippen molar-refractivity contribution in [1.82, 2.24) is 10.1 Å². The molecule has 4 nitrogen and oxygen atoms in total. The van der Waals surface area contributed by atoms with Crippen LogP contribution >= 0.6 is 11.8 Å². The van der Waals surface area contributed by atoms with Crippen LogP contribution in [0.15, 0.2) is 4.52 Å². The molecule has 0 saturated carbocycles. The Morgan fingerprint density at radius 2 is 2.38 bits per heavy atom. The second kappa shape index (κ2) is 5.24. The van der Waals surface area contributed by atoms with Gasteiger partial charge in [-0.05, 0) is 12.7 Å². The van der Waals surface area contributed by atoms with Crippen LogP contribution in [0.2, 0.25) is 0 Å². The van der Waals surface area contributed by atoms with Gasteiger partial charge in [0.25, 0.3) is 0 Å². The minimum absolute atomic E-state index is 0.211. The van der Waals surface area contributed by atoms with E-state index in [9.17, 15) is 0 Å². The van der Waals surface area contributed by atoms with Gasteiger partial charge in [-0.15, -0.1) is 0 Å². The van der Waals surface area contributed by atoms with Crippen LogP contribution in [0, 0.1) is 0 Å². The summed E-state index contributed by atoms with van der Waals surface area (Å²) in [5.74, 6) is 2.44. The first-order valence-corrected chi connectivity index (χ1v) is 5.72. The number of nitrogens with zero attached hydrogens (tertiary/aromatic N) is 2. The highest BCUT2D eigenvalue weighted by Gasteiger charge is 2.14. The molecule has 2 N–H and O–H groups in total. The van der Waals surface area contributed by atoms with Crippen LogP contribution in [-0.2, 0) is 5.75 Å². The van der Waals surface area contributed by atoms with Crippen molar-refractivity contribution in [3.63, 3.8) is 0 Å². The van der Waals surface area contributed by atoms with Gasteiger partial charge in [0.15, 0.2) is 5.82 Å². The van der Waals surface area contributed by atoms with Gasteiger partial charge in [0.05, 0.1) is 11.7 Å². The fourth-order valence-corrected chi connectivity index (χ4v) is 1.44. The van der Waals surface area contributed by atoms with Crippen LogP contribution in [-0.4, -0.2) is 22.9 Å². The molecule has 0 aliphatic carbocycles. The number of hydrogen-bond acceptors (Lipinski definition) is 5. The average molecular weight is 201 g/mol. The molecule has 0 aliphatic heterocycles. The van der Waals surface area contributed by atoms with Gasteiger partial charge in [-0.1, -0.05) is 12.1 Å². The molecular formula is C8H15N3OS. The van der Waals surface area contributed by atoms with Crippen LogP contribution in [0.5, 0.6) is 0 Å². The van der Waals surface area contributed by atoms with E-state index in [1.54, 1.807) is 11.8 Å². The first-order valence-electron chi connectivity index (χ1n) is 4.33. The second-order valence-electron chi connectivity index (χ2n) is 2.82. The standard InChI is InChI=1S/C8H15N3OS/c1-3-6(4-9)8-10-7(5-13-2)11-12-8/h6H,3-5,9H2,1-2H3. The van der Waals surface area contributed by atoms with Gasteiger partial charge in [0, 0.05) is 6.54 Å². The Kier molecular flexibility index (Phi) is 4.24. The molecule has 0 spiro atoms. The molecule has 13 heavy (non-hydrogen) atoms. The zero-order valence-corrected chi connectivity index (χ0v) is 8.80. The maximum absolute atomic E-state index is 5.57. The van der Waals surface area contributed by atoms with E-state index in [4.69, 9.17) is 10.3 Å². The molecule has 1 aromatic rings. The summed E-state index contributed by atoms with van der Waals surface area (Å²) in [6.07, 6.45) is 2.95. The lowest BCUT2D eigenvalue weighted by atomic mass is 10.1. The largest absolute Gasteiger partial charge is 0.339 e. The van der Waals surface area contributed by atoms with E-state index in [-0.39, 0.29) is 5.92 Å². The van der Waals surface area contributed by atoms with E-state index >= 15 is 0 Å². The maximum Gasteiger partial charge on any atom is 0.231 e. The summed E-state index contributed by atoms with van der Waals surface area (Å²) < 4.78 is 5.11. The number of nitrogens with two attached hydrogens (primary N) is 1. The van der Waals surface area contributed by atoms with Gasteiger partial charge in [-0.2, -0.15) is 16.7 Å². The number of aromatic nitrogens is 2. The van der Waals surface area contributed by atoms with E-state index in [1.165, 1.54) is 0 Å². The first-order chi connectivity index (χ1) is 6.31. The van der Waals surface area contributed by atoms with Crippen molar-refractivity contribution in [1.29, 1.82) is 0 Å². The summed E-state index contributed by atoms with van der Waals surface area (Å²) in [7, 11) is 0. The Morgan fingerprint density at radius 3 is 2.92 bits per heavy atom. The van der Waals surface area contributed by atoms with Crippen molar-refractivity contribution in [2.24, 2.45) is 5.73 Å². The van der Waals surface area contributed by atoms with Gasteiger partial charge >= 0.3 is 0 Å². The molecule has 0 aliphatic rings. The minimum atomic E-state index is 0.211. The van der Waals surface area contributed by atoms with Crippen molar-refractivity contribution in [3.8, 4) is 0 Å². The number of rotatable bonds is 5. The fraction of sp³-hybridized carbons (Fsp3) is 0.750. The third-order valence-corrected chi connectivity index (χ3v) is 2.43. The summed E-state index contributed by atoms with van der Waals surface area (Å²) in [5, 5.41) is 3.86. The molecule has 1 heterocycles. The van der Waals surface area contributed by atoms with Gasteiger partial charge in [-0.3, -0.25) is 0 Å². The molecule has 0 amide bonds. The molecule has 1 unspecified atom stereocenters. The highest BCUT2D eigenvalue weighted by molar-refractivity contribution is 7.97. The highest BCUT2D eigenvalue weighted by Crippen LogP contribution is 2.16. The average Bonchev–Trinajstić information content (AvgIpc) is 2.56. The summed E-state index contributed by atoms with van der Waals surface area (Å²) in [6.45, 7) is 2.63. The summed E-state index contributed by atoms with van der Waals surface area (Å²) in [6, 6.07) is 0. The first kappa shape index (κ1) is 10.5. The van der Waals surface area contributed by atoms with E-state index < -0.39 is 0 Å². The van der Waals surface area contributed by atoms with E-state index in [2.05, 4.69) is 17.1 Å². The SMILES string of the molecule is CCC(CN)c1nc(CSC)no1. The normalized spacial score (nSPS) is 13.2. The molecule has 74 valence electrons. The van der Waals surface area contributed by atoms with Gasteiger partial charge < -0.3 is 10.3 Å². The zero-order chi connectivity index (χ0) is 9.68. The van der Waals surface area contributed by atoms with Crippen LogP contribution in [0.25, 0.3) is 0 Å². The molecule has 0 aromatic carbocycles. The molecule has 1 atom stereocenters. The fourth-order valence-electron chi connectivity index (χ4n) is 1.06. The lowest BCUT2D eigenvalue weighted by Crippen LogP contribution is -2.11. The van der Waals surface area contributed by atoms with Gasteiger partial charge in [0.2, 0.25) is 5.89 Å². The predicted octanol–water partition coefficient (Wildman–Crippen LogP) is 1.38. The second-order valence-corrected chi connectivity index (χ2v) is 3.69. The van der Waals surface area contributed by atoms with Crippen molar-refractivity contribution < 1.29 is 4.52 Å². The Bertz CT molecular complexity index is 247. The predicted molar refractivity (Wildman–Crippen MR) is 53.6 cm³/mol. The monoisotopic (exact) mass is 201 g/mol. The lowest BCUT2D eigenvalue weighted by Gasteiger charge is -2.03. The Hall–Kier alpha value is -0.550. The maximum atomic E-state index is 5.57. The van der Waals surface area contributed by atoms with Crippen LogP contribution in [0.3, 0.4) is 0 Å². The lowest BCUT2D eigenvalue weighted by molar-refractivity contribution is 0.348. The number of hydrogen-bond donors (Lipinski definition) is 1. The highest BCUT2D eigenvalue weighted by atomic mass is 32.2. The van der Waals surface area contributed by atoms with Crippen LogP contribution in [0.1, 0.15) is 31.0 Å². The minimum Gasteiger partial charge on any atom is -0.339 e. The molecule has 0 saturated heterocycles. The smallest absolute Gasteiger partial charge is 0.231 e. The van der Waals surface area contributed by atoms with Crippen molar-refractivity contribution >= 4 is 11.8 Å². The molecule has 1 aromatic heterocycles. The van der Waals surface area contributed by atoms with Crippen molar-refractivity contribution in [2.75, 3.05) is 12.8 Å². The van der Waals surface area contributed by atoms with Crippen molar-refractivity contribution in [3.05, 3.63) is 11.7 Å². The van der Waals surface area contributed by atoms with E-state index in [0.29, 0.717) is 12.4 Å². The van der Waals surface area contributed by atoms with E-state index in [1.807, 2.05) is 6.26 Å². The molecular weight excluding hydrogens is 186 g/mol. The van der Waals surface area contributed by atoms with E-state index in [0.717, 1.165) is 18.0 Å². The molecule has 0 bridgehead atoms. The summed E-state index contributed by atoms with van der Waals surface area (Å²) in [4.78, 5) is 4.26. The van der Waals surface area contributed by atoms with Crippen LogP contribution < -0.4 is 5.73 Å². The van der Waals surface area contributed by atoms with Gasteiger partial charge in [0.1, 0.15) is 0 Å². The topological polar surface area (TPSA) is 64.9 Å². The Labute approximate surface area is 82.3 Å². The third kappa shape index (κ3) is 2.70. The van der Waals surface area contributed by atoms with Crippen molar-refractivity contribution in [2.45, 2.75) is 25.0 Å². The Balaban J connectivity index is 2.66. The van der Waals surface area contributed by atoms with Gasteiger partial charge in [-0.25, -0.2) is 0 Å². The molecule has 0 radical (unpaired) electrons.